The number of amides is 1. The van der Waals surface area contributed by atoms with Gasteiger partial charge in [0, 0.05) is 17.1 Å². The molecule has 1 aromatic carbocycles. The lowest BCUT2D eigenvalue weighted by Gasteiger charge is -2.32. The third kappa shape index (κ3) is 4.59. The molecule has 1 unspecified atom stereocenters. The molecule has 1 aliphatic rings. The molecular weight excluding hydrogens is 414 g/mol. The van der Waals surface area contributed by atoms with Crippen molar-refractivity contribution in [2.24, 2.45) is 0 Å². The van der Waals surface area contributed by atoms with Crippen LogP contribution in [0.4, 0.5) is 5.69 Å². The number of aromatic nitrogens is 2. The van der Waals surface area contributed by atoms with Crippen LogP contribution in [0.25, 0.3) is 22.0 Å². The van der Waals surface area contributed by atoms with Crippen molar-refractivity contribution in [2.45, 2.75) is 32.8 Å². The predicted octanol–water partition coefficient (Wildman–Crippen LogP) is 4.33. The molecule has 7 nitrogen and oxygen atoms in total. The molecule has 1 aliphatic heterocycles. The molecule has 31 heavy (non-hydrogen) atoms. The number of fused-ring (bicyclic) bond motifs is 1. The van der Waals surface area contributed by atoms with Gasteiger partial charge in [-0.1, -0.05) is 19.4 Å². The van der Waals surface area contributed by atoms with E-state index in [0.29, 0.717) is 18.0 Å². The molecule has 160 valence electrons. The Kier molecular flexibility index (Phi) is 6.27. The Labute approximate surface area is 184 Å². The summed E-state index contributed by atoms with van der Waals surface area (Å²) in [6.45, 7) is 3.90. The molecular formula is C23H23N3O4S. The Balaban J connectivity index is 1.61. The Bertz CT molecular complexity index is 1080. The minimum absolute atomic E-state index is 0.150. The minimum atomic E-state index is -0.670. The van der Waals surface area contributed by atoms with Gasteiger partial charge >= 0.3 is 5.97 Å². The highest BCUT2D eigenvalue weighted by atomic mass is 32.1. The molecule has 1 amide bonds. The van der Waals surface area contributed by atoms with E-state index < -0.39 is 12.1 Å². The summed E-state index contributed by atoms with van der Waals surface area (Å²) in [7, 11) is 0. The van der Waals surface area contributed by atoms with Crippen molar-refractivity contribution < 1.29 is 19.1 Å². The maximum absolute atomic E-state index is 12.8. The average molecular weight is 438 g/mol. The summed E-state index contributed by atoms with van der Waals surface area (Å²) in [4.78, 5) is 35.5. The first-order valence-corrected chi connectivity index (χ1v) is 11.1. The molecule has 3 aromatic rings. The third-order valence-corrected chi connectivity index (χ3v) is 5.76. The molecule has 3 heterocycles. The van der Waals surface area contributed by atoms with Gasteiger partial charge in [-0.05, 0) is 43.7 Å². The number of hydrogen-bond donors (Lipinski definition) is 0. The monoisotopic (exact) mass is 437 g/mol. The van der Waals surface area contributed by atoms with E-state index in [1.807, 2.05) is 48.7 Å². The number of unbranched alkanes of at least 4 members (excludes halogenated alkanes) is 1. The van der Waals surface area contributed by atoms with Crippen molar-refractivity contribution in [3.05, 3.63) is 48.0 Å². The second kappa shape index (κ2) is 9.26. The van der Waals surface area contributed by atoms with Crippen LogP contribution in [0.3, 0.4) is 0 Å². The molecule has 4 rings (SSSR count). The highest BCUT2D eigenvalue weighted by Crippen LogP contribution is 2.38. The number of carbonyl (C=O) groups is 2. The van der Waals surface area contributed by atoms with Crippen LogP contribution < -0.4 is 9.64 Å². The molecule has 0 bridgehead atoms. The lowest BCUT2D eigenvalue weighted by atomic mass is 10.1. The Morgan fingerprint density at radius 1 is 1.26 bits per heavy atom. The third-order valence-electron chi connectivity index (χ3n) is 4.90. The number of rotatable bonds is 7. The first kappa shape index (κ1) is 21.0. The van der Waals surface area contributed by atoms with Crippen molar-refractivity contribution in [2.75, 3.05) is 18.1 Å². The molecule has 0 spiro atoms. The fraction of sp³-hybridized carbons (Fsp3) is 0.304. The van der Waals surface area contributed by atoms with Crippen LogP contribution in [0, 0.1) is 0 Å². The number of ether oxygens (including phenoxy) is 2. The van der Waals surface area contributed by atoms with Crippen LogP contribution in [0.1, 0.15) is 26.7 Å². The van der Waals surface area contributed by atoms with E-state index in [1.165, 1.54) is 16.2 Å². The number of hydrogen-bond acceptors (Lipinski definition) is 7. The van der Waals surface area contributed by atoms with Crippen molar-refractivity contribution >= 4 is 28.9 Å². The van der Waals surface area contributed by atoms with E-state index in [2.05, 4.69) is 9.97 Å². The number of anilines is 1. The maximum atomic E-state index is 12.8. The SMILES string of the molecule is CCCCOC(=O)CN1C(=O)C(C)Oc2ccc(-c3csc(-c4ccccn4)n3)cc21. The van der Waals surface area contributed by atoms with E-state index in [-0.39, 0.29) is 12.5 Å². The van der Waals surface area contributed by atoms with Crippen molar-refractivity contribution in [1.82, 2.24) is 9.97 Å². The van der Waals surface area contributed by atoms with Gasteiger partial charge in [0.05, 0.1) is 23.7 Å². The van der Waals surface area contributed by atoms with E-state index in [1.54, 1.807) is 13.1 Å². The fourth-order valence-corrected chi connectivity index (χ4v) is 4.05. The van der Waals surface area contributed by atoms with Gasteiger partial charge in [-0.25, -0.2) is 4.98 Å². The summed E-state index contributed by atoms with van der Waals surface area (Å²) in [5.74, 6) is -0.153. The van der Waals surface area contributed by atoms with Gasteiger partial charge in [0.1, 0.15) is 17.3 Å². The Morgan fingerprint density at radius 2 is 2.13 bits per heavy atom. The number of nitrogens with zero attached hydrogens (tertiary/aromatic N) is 3. The van der Waals surface area contributed by atoms with Gasteiger partial charge in [0.2, 0.25) is 0 Å². The standard InChI is InChI=1S/C23H23N3O4S/c1-3-4-11-29-21(27)13-26-19-12-16(8-9-20(19)30-15(2)23(26)28)18-14-31-22(25-18)17-7-5-6-10-24-17/h5-10,12,14-15H,3-4,11,13H2,1-2H3. The molecule has 0 saturated carbocycles. The summed E-state index contributed by atoms with van der Waals surface area (Å²) in [5, 5.41) is 2.76. The largest absolute Gasteiger partial charge is 0.479 e. The second-order valence-electron chi connectivity index (χ2n) is 7.19. The first-order chi connectivity index (χ1) is 15.1. The Hall–Kier alpha value is -3.26. The second-order valence-corrected chi connectivity index (χ2v) is 8.05. The van der Waals surface area contributed by atoms with E-state index in [4.69, 9.17) is 9.47 Å². The number of benzene rings is 1. The van der Waals surface area contributed by atoms with Gasteiger partial charge in [0.25, 0.3) is 5.91 Å². The molecule has 0 aliphatic carbocycles. The number of esters is 1. The van der Waals surface area contributed by atoms with Gasteiger partial charge < -0.3 is 9.47 Å². The topological polar surface area (TPSA) is 81.6 Å². The lowest BCUT2D eigenvalue weighted by Crippen LogP contribution is -2.47. The summed E-state index contributed by atoms with van der Waals surface area (Å²) in [6, 6.07) is 11.2. The van der Waals surface area contributed by atoms with Crippen molar-refractivity contribution in [3.63, 3.8) is 0 Å². The lowest BCUT2D eigenvalue weighted by molar-refractivity contribution is -0.143. The normalized spacial score (nSPS) is 15.4. The minimum Gasteiger partial charge on any atom is -0.479 e. The van der Waals surface area contributed by atoms with E-state index in [9.17, 15) is 9.59 Å². The number of thiazole rings is 1. The summed E-state index contributed by atoms with van der Waals surface area (Å²) >= 11 is 1.50. The molecule has 0 fully saturated rings. The molecule has 0 N–H and O–H groups in total. The van der Waals surface area contributed by atoms with Crippen LogP contribution in [0.15, 0.2) is 48.0 Å². The Morgan fingerprint density at radius 3 is 2.90 bits per heavy atom. The van der Waals surface area contributed by atoms with Crippen LogP contribution >= 0.6 is 11.3 Å². The number of pyridine rings is 1. The highest BCUT2D eigenvalue weighted by molar-refractivity contribution is 7.13. The van der Waals surface area contributed by atoms with Crippen molar-refractivity contribution in [3.8, 4) is 27.7 Å². The molecule has 2 aromatic heterocycles. The highest BCUT2D eigenvalue weighted by Gasteiger charge is 2.33. The molecule has 1 atom stereocenters. The van der Waals surface area contributed by atoms with Gasteiger partial charge in [-0.2, -0.15) is 0 Å². The number of carbonyl (C=O) groups excluding carboxylic acids is 2. The zero-order valence-electron chi connectivity index (χ0n) is 17.4. The van der Waals surface area contributed by atoms with E-state index >= 15 is 0 Å². The smallest absolute Gasteiger partial charge is 0.326 e. The zero-order chi connectivity index (χ0) is 21.8. The van der Waals surface area contributed by atoms with Gasteiger partial charge in [-0.3, -0.25) is 19.5 Å². The summed E-state index contributed by atoms with van der Waals surface area (Å²) in [5.41, 5.74) is 2.94. The fourth-order valence-electron chi connectivity index (χ4n) is 3.25. The predicted molar refractivity (Wildman–Crippen MR) is 119 cm³/mol. The molecule has 0 radical (unpaired) electrons. The first-order valence-electron chi connectivity index (χ1n) is 10.2. The van der Waals surface area contributed by atoms with Crippen LogP contribution in [0.5, 0.6) is 5.75 Å². The summed E-state index contributed by atoms with van der Waals surface area (Å²) < 4.78 is 11.0. The quantitative estimate of drug-likeness (QED) is 0.404. The summed E-state index contributed by atoms with van der Waals surface area (Å²) in [6.07, 6.45) is 2.79. The van der Waals surface area contributed by atoms with E-state index in [0.717, 1.165) is 34.8 Å². The van der Waals surface area contributed by atoms with Crippen LogP contribution in [-0.2, 0) is 14.3 Å². The van der Waals surface area contributed by atoms with Crippen LogP contribution in [-0.4, -0.2) is 41.1 Å². The van der Waals surface area contributed by atoms with Gasteiger partial charge in [-0.15, -0.1) is 11.3 Å². The van der Waals surface area contributed by atoms with Crippen molar-refractivity contribution in [1.29, 1.82) is 0 Å². The molecule has 0 saturated heterocycles. The van der Waals surface area contributed by atoms with Crippen LogP contribution in [0.2, 0.25) is 0 Å². The maximum Gasteiger partial charge on any atom is 0.326 e. The zero-order valence-corrected chi connectivity index (χ0v) is 18.2. The molecule has 8 heteroatoms. The average Bonchev–Trinajstić information content (AvgIpc) is 3.28. The van der Waals surface area contributed by atoms with Gasteiger partial charge in [0.15, 0.2) is 6.10 Å².